The van der Waals surface area contributed by atoms with Crippen LogP contribution in [0.4, 0.5) is 5.82 Å². The maximum Gasteiger partial charge on any atom is 0.142 e. The Hall–Kier alpha value is -2.06. The van der Waals surface area contributed by atoms with Crippen LogP contribution in [-0.4, -0.2) is 49.0 Å². The van der Waals surface area contributed by atoms with Gasteiger partial charge in [0.15, 0.2) is 0 Å². The average molecular weight is 377 g/mol. The van der Waals surface area contributed by atoms with Crippen LogP contribution in [-0.2, 0) is 19.6 Å². The number of nitrogens with one attached hydrogen (secondary N) is 1. The zero-order valence-corrected chi connectivity index (χ0v) is 16.7. The van der Waals surface area contributed by atoms with E-state index in [1.54, 1.807) is 12.6 Å². The monoisotopic (exact) mass is 376 g/mol. The van der Waals surface area contributed by atoms with Gasteiger partial charge in [-0.25, -0.2) is 15.0 Å². The number of aromatic amines is 1. The highest BCUT2D eigenvalue weighted by atomic mass is 32.1. The molecule has 1 unspecified atom stereocenters. The summed E-state index contributed by atoms with van der Waals surface area (Å²) in [4.78, 5) is 18.5. The predicted molar refractivity (Wildman–Crippen MR) is 109 cm³/mol. The molecule has 0 saturated heterocycles. The third-order valence-electron chi connectivity index (χ3n) is 4.41. The van der Waals surface area contributed by atoms with Crippen molar-refractivity contribution in [3.05, 3.63) is 36.3 Å². The lowest BCUT2D eigenvalue weighted by molar-refractivity contribution is 0.277. The highest BCUT2D eigenvalue weighted by Gasteiger charge is 2.25. The summed E-state index contributed by atoms with van der Waals surface area (Å²) in [5, 5.41) is 10.3. The molecule has 1 aliphatic rings. The van der Waals surface area contributed by atoms with Gasteiger partial charge >= 0.3 is 0 Å². The van der Waals surface area contributed by atoms with E-state index in [2.05, 4.69) is 49.1 Å². The number of fused-ring (bicyclic) bond motifs is 2. The smallest absolute Gasteiger partial charge is 0.142 e. The molecule has 0 fully saturated rings. The Kier molecular flexibility index (Phi) is 7.47. The normalized spacial score (nSPS) is 15.4. The standard InChI is InChI=1S/C15H18N6O.C2H6.CH4S/c1-20(15-12-2-4-16-14(12)17-9-18-15)11-3-5-21-7-10(8-22)19-13(21)6-11;2*1-2/h2,4,7,9,11,22H,3,5-6,8H2,1H3,(H,16,17,18);1-2H3;2H,1H3. The van der Waals surface area contributed by atoms with E-state index in [4.69, 9.17) is 0 Å². The highest BCUT2D eigenvalue weighted by Crippen LogP contribution is 2.27. The molecule has 3 aromatic rings. The number of thiol groups is 1. The molecule has 0 radical (unpaired) electrons. The largest absolute Gasteiger partial charge is 0.390 e. The summed E-state index contributed by atoms with van der Waals surface area (Å²) in [6, 6.07) is 2.35. The molecule has 2 N–H and O–H groups in total. The second-order valence-electron chi connectivity index (χ2n) is 5.69. The number of nitrogens with zero attached hydrogens (tertiary/aromatic N) is 5. The zero-order chi connectivity index (χ0) is 19.1. The summed E-state index contributed by atoms with van der Waals surface area (Å²) in [5.74, 6) is 1.98. The molecule has 142 valence electrons. The first-order chi connectivity index (χ1) is 12.8. The van der Waals surface area contributed by atoms with Crippen LogP contribution in [0, 0.1) is 0 Å². The van der Waals surface area contributed by atoms with Crippen molar-refractivity contribution in [2.75, 3.05) is 18.2 Å². The minimum atomic E-state index is -0.00358. The average Bonchev–Trinajstić information content (AvgIpc) is 3.36. The summed E-state index contributed by atoms with van der Waals surface area (Å²) < 4.78 is 2.14. The first kappa shape index (κ1) is 20.3. The number of anilines is 1. The summed E-state index contributed by atoms with van der Waals surface area (Å²) in [5.41, 5.74) is 1.60. The number of aliphatic hydroxyl groups excluding tert-OH is 1. The molecular weight excluding hydrogens is 348 g/mol. The number of likely N-dealkylation sites (N-methyl/N-ethyl adjacent to an activating group) is 1. The van der Waals surface area contributed by atoms with Gasteiger partial charge in [-0.3, -0.25) is 0 Å². The van der Waals surface area contributed by atoms with Gasteiger partial charge < -0.3 is 19.6 Å². The van der Waals surface area contributed by atoms with Gasteiger partial charge in [-0.1, -0.05) is 13.8 Å². The van der Waals surface area contributed by atoms with Gasteiger partial charge in [0.25, 0.3) is 0 Å². The Balaban J connectivity index is 0.000000570. The van der Waals surface area contributed by atoms with Crippen LogP contribution >= 0.6 is 12.6 Å². The zero-order valence-electron chi connectivity index (χ0n) is 15.8. The van der Waals surface area contributed by atoms with Gasteiger partial charge in [-0.2, -0.15) is 12.6 Å². The van der Waals surface area contributed by atoms with Crippen molar-refractivity contribution in [2.24, 2.45) is 0 Å². The number of aromatic nitrogens is 5. The molecule has 3 aromatic heterocycles. The van der Waals surface area contributed by atoms with Gasteiger partial charge in [0.1, 0.15) is 23.6 Å². The topological polar surface area (TPSA) is 82.9 Å². The van der Waals surface area contributed by atoms with Crippen LogP contribution in [0.15, 0.2) is 24.8 Å². The fraction of sp³-hybridized carbons (Fsp3) is 0.500. The second kappa shape index (κ2) is 9.59. The van der Waals surface area contributed by atoms with Crippen molar-refractivity contribution < 1.29 is 5.11 Å². The first-order valence-electron chi connectivity index (χ1n) is 8.87. The van der Waals surface area contributed by atoms with Gasteiger partial charge in [0.05, 0.1) is 17.7 Å². The quantitative estimate of drug-likeness (QED) is 0.612. The number of hydrogen-bond donors (Lipinski definition) is 3. The van der Waals surface area contributed by atoms with Crippen LogP contribution in [0.5, 0.6) is 0 Å². The van der Waals surface area contributed by atoms with Crippen molar-refractivity contribution in [3.63, 3.8) is 0 Å². The molecule has 0 saturated carbocycles. The molecule has 0 spiro atoms. The van der Waals surface area contributed by atoms with E-state index in [1.807, 2.05) is 32.3 Å². The summed E-state index contributed by atoms with van der Waals surface area (Å²) in [6.45, 7) is 4.91. The van der Waals surface area contributed by atoms with E-state index in [9.17, 15) is 5.11 Å². The molecule has 0 bridgehead atoms. The lowest BCUT2D eigenvalue weighted by atomic mass is 10.0. The predicted octanol–water partition coefficient (Wildman–Crippen LogP) is 2.67. The minimum absolute atomic E-state index is 0.00358. The second-order valence-corrected chi connectivity index (χ2v) is 5.69. The van der Waals surface area contributed by atoms with Crippen LogP contribution in [0.2, 0.25) is 0 Å². The Morgan fingerprint density at radius 1 is 1.35 bits per heavy atom. The molecule has 26 heavy (non-hydrogen) atoms. The van der Waals surface area contributed by atoms with Gasteiger partial charge in [-0.15, -0.1) is 0 Å². The maximum atomic E-state index is 9.23. The molecule has 1 aliphatic heterocycles. The van der Waals surface area contributed by atoms with E-state index in [1.165, 1.54) is 0 Å². The van der Waals surface area contributed by atoms with Crippen LogP contribution in [0.3, 0.4) is 0 Å². The Bertz CT molecular complexity index is 815. The Morgan fingerprint density at radius 3 is 2.85 bits per heavy atom. The van der Waals surface area contributed by atoms with E-state index < -0.39 is 0 Å². The van der Waals surface area contributed by atoms with Crippen LogP contribution < -0.4 is 4.90 Å². The molecule has 1 atom stereocenters. The fourth-order valence-electron chi connectivity index (χ4n) is 3.19. The molecule has 4 heterocycles. The number of rotatable bonds is 3. The van der Waals surface area contributed by atoms with E-state index in [-0.39, 0.29) is 6.61 Å². The van der Waals surface area contributed by atoms with Gasteiger partial charge in [0.2, 0.25) is 0 Å². The third-order valence-corrected chi connectivity index (χ3v) is 4.41. The summed E-state index contributed by atoms with van der Waals surface area (Å²) in [7, 11) is 2.07. The van der Waals surface area contributed by atoms with E-state index in [0.717, 1.165) is 47.8 Å². The molecular formula is C18H28N6OS. The number of imidazole rings is 1. The number of H-pyrrole nitrogens is 1. The maximum absolute atomic E-state index is 9.23. The number of aryl methyl sites for hydroxylation is 1. The third kappa shape index (κ3) is 4.02. The lowest BCUT2D eigenvalue weighted by Gasteiger charge is -2.32. The van der Waals surface area contributed by atoms with Crippen molar-refractivity contribution in [2.45, 2.75) is 45.9 Å². The Morgan fingerprint density at radius 2 is 2.12 bits per heavy atom. The van der Waals surface area contributed by atoms with E-state index in [0.29, 0.717) is 6.04 Å². The van der Waals surface area contributed by atoms with Crippen molar-refractivity contribution in [1.29, 1.82) is 0 Å². The number of aliphatic hydroxyl groups is 1. The summed E-state index contributed by atoms with van der Waals surface area (Å²) >= 11 is 3.53. The number of hydrogen-bond acceptors (Lipinski definition) is 6. The Labute approximate surface area is 159 Å². The van der Waals surface area contributed by atoms with Crippen molar-refractivity contribution in [1.82, 2.24) is 24.5 Å². The van der Waals surface area contributed by atoms with Crippen molar-refractivity contribution in [3.8, 4) is 0 Å². The fourth-order valence-corrected chi connectivity index (χ4v) is 3.19. The highest BCUT2D eigenvalue weighted by molar-refractivity contribution is 7.79. The SMILES string of the molecule is CC.CN(c1ncnc2[nH]ccc12)C1CCn2cc(CO)nc2C1.CS. The molecule has 0 amide bonds. The summed E-state index contributed by atoms with van der Waals surface area (Å²) in [6.07, 6.45) is 9.00. The molecule has 0 aromatic carbocycles. The lowest BCUT2D eigenvalue weighted by Crippen LogP contribution is -2.38. The molecule has 7 nitrogen and oxygen atoms in total. The molecule has 4 rings (SSSR count). The van der Waals surface area contributed by atoms with E-state index >= 15 is 0 Å². The van der Waals surface area contributed by atoms with Gasteiger partial charge in [-0.05, 0) is 18.7 Å². The first-order valence-corrected chi connectivity index (χ1v) is 9.77. The van der Waals surface area contributed by atoms with Crippen LogP contribution in [0.25, 0.3) is 11.0 Å². The molecule has 0 aliphatic carbocycles. The van der Waals surface area contributed by atoms with Crippen LogP contribution in [0.1, 0.15) is 31.8 Å². The minimum Gasteiger partial charge on any atom is -0.390 e. The van der Waals surface area contributed by atoms with Gasteiger partial charge in [0, 0.05) is 38.4 Å². The van der Waals surface area contributed by atoms with Crippen molar-refractivity contribution >= 4 is 29.5 Å². The molecule has 8 heteroatoms.